The molecule has 3 nitrogen and oxygen atoms in total. The average Bonchev–Trinajstić information content (AvgIpc) is 2.48. The van der Waals surface area contributed by atoms with Gasteiger partial charge in [-0.25, -0.2) is 4.79 Å². The van der Waals surface area contributed by atoms with E-state index in [1.54, 1.807) is 36.4 Å². The van der Waals surface area contributed by atoms with Gasteiger partial charge in [0.05, 0.1) is 0 Å². The highest BCUT2D eigenvalue weighted by Crippen LogP contribution is 2.15. The number of carbonyl (C=O) groups is 2. The Morgan fingerprint density at radius 1 is 0.895 bits per heavy atom. The summed E-state index contributed by atoms with van der Waals surface area (Å²) in [5.74, 6) is -0.209. The Morgan fingerprint density at radius 2 is 1.47 bits per heavy atom. The molecule has 2 aromatic rings. The molecule has 0 bridgehead atoms. The molecule has 0 N–H and O–H groups in total. The maximum Gasteiger partial charge on any atom is 0.335 e. The highest BCUT2D eigenvalue weighted by molar-refractivity contribution is 6.09. The minimum atomic E-state index is -0.526. The summed E-state index contributed by atoms with van der Waals surface area (Å²) in [5.41, 5.74) is 1.17. The Balaban J connectivity index is 2.17. The number of hydrogen-bond donors (Lipinski definition) is 0. The predicted molar refractivity (Wildman–Crippen MR) is 72.1 cm³/mol. The summed E-state index contributed by atoms with van der Waals surface area (Å²) in [6.45, 7) is 3.31. The van der Waals surface area contributed by atoms with Crippen molar-refractivity contribution in [2.45, 2.75) is 0 Å². The van der Waals surface area contributed by atoms with Gasteiger partial charge in [0, 0.05) is 17.2 Å². The van der Waals surface area contributed by atoms with E-state index >= 15 is 0 Å². The molecule has 0 unspecified atom stereocenters. The van der Waals surface area contributed by atoms with Crippen molar-refractivity contribution in [2.24, 2.45) is 0 Å². The van der Waals surface area contributed by atoms with Gasteiger partial charge in [0.25, 0.3) is 0 Å². The molecule has 19 heavy (non-hydrogen) atoms. The van der Waals surface area contributed by atoms with Crippen LogP contribution in [-0.2, 0) is 4.79 Å². The number of esters is 1. The molecule has 0 aliphatic heterocycles. The fraction of sp³-hybridized carbons (Fsp3) is 0. The van der Waals surface area contributed by atoms with Gasteiger partial charge in [-0.15, -0.1) is 0 Å². The van der Waals surface area contributed by atoms with E-state index < -0.39 is 5.97 Å². The van der Waals surface area contributed by atoms with E-state index in [0.717, 1.165) is 6.08 Å². The molecule has 0 amide bonds. The number of ketones is 1. The van der Waals surface area contributed by atoms with Crippen LogP contribution in [0.1, 0.15) is 15.9 Å². The molecule has 3 heteroatoms. The molecule has 0 saturated carbocycles. The predicted octanol–water partition coefficient (Wildman–Crippen LogP) is 3.01. The Labute approximate surface area is 111 Å². The summed E-state index contributed by atoms with van der Waals surface area (Å²) in [6, 6.07) is 15.4. The lowest BCUT2D eigenvalue weighted by Gasteiger charge is -2.03. The zero-order valence-corrected chi connectivity index (χ0v) is 10.2. The highest BCUT2D eigenvalue weighted by Gasteiger charge is 2.08. The lowest BCUT2D eigenvalue weighted by Crippen LogP contribution is -2.04. The first kappa shape index (κ1) is 12.8. The summed E-state index contributed by atoms with van der Waals surface area (Å²) >= 11 is 0. The van der Waals surface area contributed by atoms with E-state index in [-0.39, 0.29) is 5.78 Å². The van der Waals surface area contributed by atoms with Crippen molar-refractivity contribution in [3.63, 3.8) is 0 Å². The van der Waals surface area contributed by atoms with E-state index in [9.17, 15) is 9.59 Å². The first-order chi connectivity index (χ1) is 9.20. The molecule has 0 aliphatic rings. The number of carbonyl (C=O) groups excluding carboxylic acids is 2. The molecular weight excluding hydrogens is 240 g/mol. The molecule has 0 aliphatic carbocycles. The van der Waals surface area contributed by atoms with Crippen molar-refractivity contribution in [1.82, 2.24) is 0 Å². The van der Waals surface area contributed by atoms with Crippen molar-refractivity contribution in [3.8, 4) is 5.75 Å². The van der Waals surface area contributed by atoms with Crippen LogP contribution in [0.15, 0.2) is 67.3 Å². The topological polar surface area (TPSA) is 43.4 Å². The summed E-state index contributed by atoms with van der Waals surface area (Å²) in [5, 5.41) is 0. The van der Waals surface area contributed by atoms with Crippen LogP contribution < -0.4 is 4.74 Å². The number of ether oxygens (including phenoxy) is 1. The second-order valence-electron chi connectivity index (χ2n) is 3.84. The third-order valence-electron chi connectivity index (χ3n) is 2.54. The molecule has 0 radical (unpaired) electrons. The highest BCUT2D eigenvalue weighted by atomic mass is 16.5. The van der Waals surface area contributed by atoms with Gasteiger partial charge >= 0.3 is 5.97 Å². The van der Waals surface area contributed by atoms with Gasteiger partial charge in [0.15, 0.2) is 5.78 Å². The molecule has 2 aromatic carbocycles. The first-order valence-corrected chi connectivity index (χ1v) is 5.75. The lowest BCUT2D eigenvalue weighted by atomic mass is 10.0. The fourth-order valence-electron chi connectivity index (χ4n) is 1.59. The van der Waals surface area contributed by atoms with Gasteiger partial charge in [0.1, 0.15) is 5.75 Å². The summed E-state index contributed by atoms with van der Waals surface area (Å²) in [7, 11) is 0. The quantitative estimate of drug-likeness (QED) is 0.363. The Morgan fingerprint density at radius 3 is 2.05 bits per heavy atom. The largest absolute Gasteiger partial charge is 0.423 e. The third kappa shape index (κ3) is 3.16. The van der Waals surface area contributed by atoms with Gasteiger partial charge in [-0.05, 0) is 24.3 Å². The SMILES string of the molecule is C=CC(=O)Oc1ccc(C(=O)c2ccccc2)cc1. The van der Waals surface area contributed by atoms with Crippen LogP contribution in [-0.4, -0.2) is 11.8 Å². The van der Waals surface area contributed by atoms with Crippen LogP contribution in [0.2, 0.25) is 0 Å². The van der Waals surface area contributed by atoms with Crippen LogP contribution in [0.3, 0.4) is 0 Å². The molecule has 0 aromatic heterocycles. The molecule has 94 valence electrons. The number of rotatable bonds is 4. The number of hydrogen-bond acceptors (Lipinski definition) is 3. The molecule has 0 spiro atoms. The molecule has 0 atom stereocenters. The van der Waals surface area contributed by atoms with Gasteiger partial charge in [0.2, 0.25) is 0 Å². The van der Waals surface area contributed by atoms with Crippen molar-refractivity contribution >= 4 is 11.8 Å². The third-order valence-corrected chi connectivity index (χ3v) is 2.54. The fourth-order valence-corrected chi connectivity index (χ4v) is 1.59. The van der Waals surface area contributed by atoms with Crippen LogP contribution >= 0.6 is 0 Å². The van der Waals surface area contributed by atoms with Gasteiger partial charge < -0.3 is 4.74 Å². The Bertz CT molecular complexity index is 598. The molecule has 0 heterocycles. The number of benzene rings is 2. The zero-order chi connectivity index (χ0) is 13.7. The lowest BCUT2D eigenvalue weighted by molar-refractivity contribution is -0.128. The normalized spacial score (nSPS) is 9.68. The van der Waals surface area contributed by atoms with Crippen LogP contribution in [0.4, 0.5) is 0 Å². The molecule has 2 rings (SSSR count). The summed E-state index contributed by atoms with van der Waals surface area (Å²) < 4.78 is 4.94. The van der Waals surface area contributed by atoms with E-state index in [1.165, 1.54) is 0 Å². The van der Waals surface area contributed by atoms with Crippen LogP contribution in [0.5, 0.6) is 5.75 Å². The van der Waals surface area contributed by atoms with Gasteiger partial charge in [-0.2, -0.15) is 0 Å². The van der Waals surface area contributed by atoms with Crippen molar-refractivity contribution in [1.29, 1.82) is 0 Å². The van der Waals surface area contributed by atoms with Crippen LogP contribution in [0, 0.1) is 0 Å². The molecular formula is C16H12O3. The van der Waals surface area contributed by atoms with Crippen molar-refractivity contribution < 1.29 is 14.3 Å². The molecule has 0 fully saturated rings. The van der Waals surface area contributed by atoms with E-state index in [1.807, 2.05) is 18.2 Å². The maximum absolute atomic E-state index is 12.1. The first-order valence-electron chi connectivity index (χ1n) is 5.75. The maximum atomic E-state index is 12.1. The van der Waals surface area contributed by atoms with Crippen LogP contribution in [0.25, 0.3) is 0 Å². The van der Waals surface area contributed by atoms with E-state index in [4.69, 9.17) is 4.74 Å². The Kier molecular flexibility index (Phi) is 3.88. The summed E-state index contributed by atoms with van der Waals surface area (Å²) in [6.07, 6.45) is 1.09. The standard InChI is InChI=1S/C16H12O3/c1-2-15(17)19-14-10-8-13(9-11-14)16(18)12-6-4-3-5-7-12/h2-11H,1H2. The van der Waals surface area contributed by atoms with Crippen molar-refractivity contribution in [2.75, 3.05) is 0 Å². The van der Waals surface area contributed by atoms with Gasteiger partial charge in [-0.3, -0.25) is 4.79 Å². The second kappa shape index (κ2) is 5.78. The second-order valence-corrected chi connectivity index (χ2v) is 3.84. The van der Waals surface area contributed by atoms with E-state index in [2.05, 4.69) is 6.58 Å². The van der Waals surface area contributed by atoms with Gasteiger partial charge in [-0.1, -0.05) is 36.9 Å². The minimum Gasteiger partial charge on any atom is -0.423 e. The minimum absolute atomic E-state index is 0.0674. The molecule has 0 saturated heterocycles. The Hall–Kier alpha value is -2.68. The smallest absolute Gasteiger partial charge is 0.335 e. The zero-order valence-electron chi connectivity index (χ0n) is 10.2. The average molecular weight is 252 g/mol. The van der Waals surface area contributed by atoms with E-state index in [0.29, 0.717) is 16.9 Å². The summed E-state index contributed by atoms with van der Waals surface area (Å²) in [4.78, 5) is 23.1. The monoisotopic (exact) mass is 252 g/mol. The van der Waals surface area contributed by atoms with Crippen molar-refractivity contribution in [3.05, 3.63) is 78.4 Å².